The van der Waals surface area contributed by atoms with Crippen LogP contribution < -0.4 is 0 Å². The zero-order valence-electron chi connectivity index (χ0n) is 24.5. The standard InChI is InChI=1S/C32H42S.2C2H4/c1-7-22-9-11-27-25(16-22)10-12-29-28(27)13-14-32(5)21(4)26(19-30(29)32)18-23-15-20(3)31(33-6)24(8-2)17-23;2*1-2/h9,11,15-18,21,28-30H,7-8,10,12-14,19H2,1-6H3;2*1-2H2/b26-18+;;. The Morgan fingerprint density at radius 1 is 1.03 bits per heavy atom. The quantitative estimate of drug-likeness (QED) is 0.289. The Bertz CT molecular complexity index is 1110. The smallest absolute Gasteiger partial charge is 0.0131 e. The Labute approximate surface area is 232 Å². The molecule has 5 unspecified atom stereocenters. The van der Waals surface area contributed by atoms with Crippen molar-refractivity contribution in [2.75, 3.05) is 6.26 Å². The third-order valence-corrected chi connectivity index (χ3v) is 10.9. The van der Waals surface area contributed by atoms with Gasteiger partial charge in [-0.15, -0.1) is 38.1 Å². The fourth-order valence-electron chi connectivity index (χ4n) is 7.89. The number of aryl methyl sites for hydroxylation is 4. The molecule has 3 aliphatic carbocycles. The highest BCUT2D eigenvalue weighted by atomic mass is 32.2. The van der Waals surface area contributed by atoms with Gasteiger partial charge in [0.15, 0.2) is 0 Å². The van der Waals surface area contributed by atoms with E-state index < -0.39 is 0 Å². The molecule has 0 aromatic heterocycles. The zero-order chi connectivity index (χ0) is 27.3. The number of hydrogen-bond donors (Lipinski definition) is 0. The summed E-state index contributed by atoms with van der Waals surface area (Å²) < 4.78 is 0. The lowest BCUT2D eigenvalue weighted by atomic mass is 9.54. The van der Waals surface area contributed by atoms with E-state index in [-0.39, 0.29) is 0 Å². The van der Waals surface area contributed by atoms with Gasteiger partial charge in [-0.1, -0.05) is 69.7 Å². The van der Waals surface area contributed by atoms with Crippen molar-refractivity contribution in [2.24, 2.45) is 23.2 Å². The first-order valence-electron chi connectivity index (χ1n) is 14.4. The van der Waals surface area contributed by atoms with Gasteiger partial charge in [0.05, 0.1) is 0 Å². The summed E-state index contributed by atoms with van der Waals surface area (Å²) in [6.07, 6.45) is 13.8. The molecule has 2 aromatic rings. The van der Waals surface area contributed by atoms with E-state index in [0.29, 0.717) is 11.3 Å². The van der Waals surface area contributed by atoms with Crippen LogP contribution in [-0.4, -0.2) is 6.26 Å². The largest absolute Gasteiger partial charge is 0.129 e. The first-order valence-corrected chi connectivity index (χ1v) is 15.6. The van der Waals surface area contributed by atoms with Crippen LogP contribution >= 0.6 is 11.8 Å². The van der Waals surface area contributed by atoms with Gasteiger partial charge >= 0.3 is 0 Å². The van der Waals surface area contributed by atoms with E-state index in [9.17, 15) is 0 Å². The Hall–Kier alpha value is -1.99. The molecule has 5 atom stereocenters. The lowest BCUT2D eigenvalue weighted by Crippen LogP contribution is -2.41. The lowest BCUT2D eigenvalue weighted by Gasteiger charge is -2.50. The van der Waals surface area contributed by atoms with Crippen LogP contribution in [0.5, 0.6) is 0 Å². The fourth-order valence-corrected chi connectivity index (χ4v) is 8.74. The first-order chi connectivity index (χ1) is 17.9. The summed E-state index contributed by atoms with van der Waals surface area (Å²) >= 11 is 1.90. The van der Waals surface area contributed by atoms with Crippen molar-refractivity contribution in [3.8, 4) is 0 Å². The molecule has 0 saturated heterocycles. The first kappa shape index (κ1) is 29.6. The van der Waals surface area contributed by atoms with E-state index in [0.717, 1.165) is 30.6 Å². The maximum absolute atomic E-state index is 3.00. The van der Waals surface area contributed by atoms with Gasteiger partial charge in [0.25, 0.3) is 0 Å². The molecule has 0 nitrogen and oxygen atoms in total. The normalized spacial score (nSPS) is 28.6. The minimum absolute atomic E-state index is 0.468. The molecule has 0 N–H and O–H groups in total. The molecule has 200 valence electrons. The maximum atomic E-state index is 3.00. The van der Waals surface area contributed by atoms with Gasteiger partial charge in [0.2, 0.25) is 0 Å². The Morgan fingerprint density at radius 2 is 1.76 bits per heavy atom. The number of benzene rings is 2. The van der Waals surface area contributed by atoms with Crippen molar-refractivity contribution >= 4 is 17.8 Å². The molecule has 0 radical (unpaired) electrons. The summed E-state index contributed by atoms with van der Waals surface area (Å²) in [6, 6.07) is 12.3. The second kappa shape index (κ2) is 12.7. The lowest BCUT2D eigenvalue weighted by molar-refractivity contribution is 0.0350. The molecule has 0 heterocycles. The van der Waals surface area contributed by atoms with E-state index in [1.807, 2.05) is 11.8 Å². The number of fused-ring (bicyclic) bond motifs is 5. The summed E-state index contributed by atoms with van der Waals surface area (Å²) in [5, 5.41) is 0. The van der Waals surface area contributed by atoms with Crippen molar-refractivity contribution in [2.45, 2.75) is 90.4 Å². The third-order valence-electron chi connectivity index (χ3n) is 9.95. The van der Waals surface area contributed by atoms with Gasteiger partial charge < -0.3 is 0 Å². The highest BCUT2D eigenvalue weighted by Gasteiger charge is 2.54. The molecule has 5 rings (SSSR count). The molecule has 0 spiro atoms. The SMILES string of the molecule is C=C.C=C.CCc1ccc2c(c1)CCC1C2CCC2(C)C(C)/C(=C/c3cc(C)c(SC)c(CC)c3)CC12. The topological polar surface area (TPSA) is 0 Å². The number of rotatable bonds is 4. The highest BCUT2D eigenvalue weighted by molar-refractivity contribution is 7.98. The second-order valence-corrected chi connectivity index (χ2v) is 12.2. The maximum Gasteiger partial charge on any atom is 0.0131 e. The molecule has 0 aliphatic heterocycles. The van der Waals surface area contributed by atoms with Crippen LogP contribution in [0.1, 0.15) is 92.7 Å². The number of hydrogen-bond acceptors (Lipinski definition) is 1. The molecular weight excluding hydrogens is 464 g/mol. The predicted molar refractivity (Wildman–Crippen MR) is 168 cm³/mol. The Kier molecular flexibility index (Phi) is 10.2. The molecule has 3 aliphatic rings. The van der Waals surface area contributed by atoms with Crippen LogP contribution in [0.3, 0.4) is 0 Å². The van der Waals surface area contributed by atoms with Crippen LogP contribution in [0.25, 0.3) is 6.08 Å². The van der Waals surface area contributed by atoms with Crippen molar-refractivity contribution in [3.05, 3.63) is 95.6 Å². The van der Waals surface area contributed by atoms with Gasteiger partial charge in [-0.3, -0.25) is 0 Å². The van der Waals surface area contributed by atoms with Crippen LogP contribution in [-0.2, 0) is 19.3 Å². The van der Waals surface area contributed by atoms with E-state index in [4.69, 9.17) is 0 Å². The third kappa shape index (κ3) is 5.44. The van der Waals surface area contributed by atoms with Gasteiger partial charge in [-0.25, -0.2) is 0 Å². The predicted octanol–water partition coefficient (Wildman–Crippen LogP) is 10.6. The molecule has 2 aromatic carbocycles. The van der Waals surface area contributed by atoms with E-state index >= 15 is 0 Å². The summed E-state index contributed by atoms with van der Waals surface area (Å²) in [7, 11) is 0. The van der Waals surface area contributed by atoms with Crippen LogP contribution in [0.15, 0.2) is 67.1 Å². The number of allylic oxidation sites excluding steroid dienone is 1. The molecule has 1 heteroatoms. The summed E-state index contributed by atoms with van der Waals surface area (Å²) in [5.74, 6) is 3.19. The van der Waals surface area contributed by atoms with Gasteiger partial charge in [-0.05, 0) is 121 Å². The van der Waals surface area contributed by atoms with Crippen LogP contribution in [0, 0.1) is 30.1 Å². The van der Waals surface area contributed by atoms with Gasteiger partial charge in [-0.2, -0.15) is 0 Å². The van der Waals surface area contributed by atoms with Crippen LogP contribution in [0.2, 0.25) is 0 Å². The van der Waals surface area contributed by atoms with E-state index in [1.54, 1.807) is 16.7 Å². The van der Waals surface area contributed by atoms with Crippen molar-refractivity contribution in [1.82, 2.24) is 0 Å². The monoisotopic (exact) mass is 514 g/mol. The summed E-state index contributed by atoms with van der Waals surface area (Å²) in [5.41, 5.74) is 11.5. The number of thioether (sulfide) groups is 1. The van der Waals surface area contributed by atoms with Crippen molar-refractivity contribution in [1.29, 1.82) is 0 Å². The summed E-state index contributed by atoms with van der Waals surface area (Å²) in [4.78, 5) is 1.48. The van der Waals surface area contributed by atoms with E-state index in [1.165, 1.54) is 59.3 Å². The zero-order valence-corrected chi connectivity index (χ0v) is 25.3. The highest BCUT2D eigenvalue weighted by Crippen LogP contribution is 2.64. The molecule has 0 amide bonds. The van der Waals surface area contributed by atoms with Gasteiger partial charge in [0, 0.05) is 4.90 Å². The average Bonchev–Trinajstić information content (AvgIpc) is 3.19. The Balaban J connectivity index is 0.000000907. The second-order valence-electron chi connectivity index (χ2n) is 11.4. The Morgan fingerprint density at radius 3 is 2.41 bits per heavy atom. The minimum atomic E-state index is 0.468. The molecule has 0 bridgehead atoms. The average molecular weight is 515 g/mol. The molecule has 37 heavy (non-hydrogen) atoms. The summed E-state index contributed by atoms with van der Waals surface area (Å²) in [6.45, 7) is 24.0. The van der Waals surface area contributed by atoms with E-state index in [2.05, 4.69) is 104 Å². The fraction of sp³-hybridized carbons (Fsp3) is 0.500. The van der Waals surface area contributed by atoms with Gasteiger partial charge in [0.1, 0.15) is 0 Å². The minimum Gasteiger partial charge on any atom is -0.129 e. The van der Waals surface area contributed by atoms with Crippen molar-refractivity contribution in [3.63, 3.8) is 0 Å². The van der Waals surface area contributed by atoms with Crippen molar-refractivity contribution < 1.29 is 0 Å². The van der Waals surface area contributed by atoms with Crippen LogP contribution in [0.4, 0.5) is 0 Å². The molecule has 2 saturated carbocycles. The molecular formula is C36H50S. The molecule has 2 fully saturated rings.